The van der Waals surface area contributed by atoms with Gasteiger partial charge < -0.3 is 14.8 Å². The second kappa shape index (κ2) is 9.67. The van der Waals surface area contributed by atoms with E-state index in [1.165, 1.54) is 16.7 Å². The van der Waals surface area contributed by atoms with Crippen LogP contribution in [0, 0.1) is 0 Å². The largest absolute Gasteiger partial charge is 0.493 e. The van der Waals surface area contributed by atoms with Crippen molar-refractivity contribution in [2.75, 3.05) is 32.6 Å². The molecule has 0 aromatic heterocycles. The molecule has 3 aromatic carbocycles. The van der Waals surface area contributed by atoms with Crippen LogP contribution in [0.3, 0.4) is 0 Å². The number of carbonyl (C=O) groups is 1. The molecule has 3 aromatic rings. The van der Waals surface area contributed by atoms with Gasteiger partial charge in [-0.25, -0.2) is 0 Å². The van der Waals surface area contributed by atoms with Crippen LogP contribution in [0.25, 0.3) is 0 Å². The molecule has 0 saturated heterocycles. The number of amides is 1. The third kappa shape index (κ3) is 4.89. The highest BCUT2D eigenvalue weighted by atomic mass is 16.5. The Hall–Kier alpha value is -3.31. The topological polar surface area (TPSA) is 50.8 Å². The van der Waals surface area contributed by atoms with Crippen molar-refractivity contribution in [2.45, 2.75) is 19.4 Å². The molecule has 0 saturated carbocycles. The molecular weight excluding hydrogens is 388 g/mol. The van der Waals surface area contributed by atoms with Gasteiger partial charge in [0.1, 0.15) is 0 Å². The van der Waals surface area contributed by atoms with Gasteiger partial charge in [-0.05, 0) is 53.8 Å². The molecule has 0 bridgehead atoms. The van der Waals surface area contributed by atoms with Crippen LogP contribution in [0.2, 0.25) is 0 Å². The van der Waals surface area contributed by atoms with Crippen molar-refractivity contribution in [1.82, 2.24) is 4.90 Å². The lowest BCUT2D eigenvalue weighted by Gasteiger charge is -2.30. The molecule has 5 heteroatoms. The van der Waals surface area contributed by atoms with Crippen LogP contribution in [0.5, 0.6) is 11.5 Å². The van der Waals surface area contributed by atoms with E-state index >= 15 is 0 Å². The SMILES string of the molecule is COc1ccc(C(=O)Nc2cccc3c2CCN(CCc2ccccc2)C3)cc1OC. The van der Waals surface area contributed by atoms with Crippen molar-refractivity contribution >= 4 is 11.6 Å². The third-order valence-electron chi connectivity index (χ3n) is 5.80. The summed E-state index contributed by atoms with van der Waals surface area (Å²) in [5.74, 6) is 0.992. The quantitative estimate of drug-likeness (QED) is 0.614. The van der Waals surface area contributed by atoms with E-state index in [1.807, 2.05) is 12.1 Å². The van der Waals surface area contributed by atoms with E-state index < -0.39 is 0 Å². The molecule has 160 valence electrons. The smallest absolute Gasteiger partial charge is 0.255 e. The molecule has 1 aliphatic heterocycles. The molecule has 0 spiro atoms. The average Bonchev–Trinajstić information content (AvgIpc) is 2.83. The molecule has 0 radical (unpaired) electrons. The Bertz CT molecular complexity index is 1050. The molecule has 0 unspecified atom stereocenters. The van der Waals surface area contributed by atoms with Gasteiger partial charge in [-0.15, -0.1) is 0 Å². The minimum absolute atomic E-state index is 0.152. The number of anilines is 1. The molecule has 1 amide bonds. The lowest BCUT2D eigenvalue weighted by molar-refractivity contribution is 0.102. The molecule has 1 heterocycles. The average molecular weight is 417 g/mol. The van der Waals surface area contributed by atoms with Gasteiger partial charge in [0.25, 0.3) is 5.91 Å². The van der Waals surface area contributed by atoms with Gasteiger partial charge in [-0.3, -0.25) is 9.69 Å². The fraction of sp³-hybridized carbons (Fsp3) is 0.269. The third-order valence-corrected chi connectivity index (χ3v) is 5.80. The van der Waals surface area contributed by atoms with Crippen molar-refractivity contribution in [2.24, 2.45) is 0 Å². The molecule has 0 fully saturated rings. The zero-order valence-electron chi connectivity index (χ0n) is 18.1. The van der Waals surface area contributed by atoms with Gasteiger partial charge in [-0.2, -0.15) is 0 Å². The highest BCUT2D eigenvalue weighted by Crippen LogP contribution is 2.29. The highest BCUT2D eigenvalue weighted by molar-refractivity contribution is 6.05. The maximum Gasteiger partial charge on any atom is 0.255 e. The maximum atomic E-state index is 12.9. The van der Waals surface area contributed by atoms with Crippen molar-refractivity contribution < 1.29 is 14.3 Å². The molecule has 5 nitrogen and oxygen atoms in total. The molecule has 4 rings (SSSR count). The van der Waals surface area contributed by atoms with E-state index in [4.69, 9.17) is 9.47 Å². The van der Waals surface area contributed by atoms with E-state index in [2.05, 4.69) is 46.6 Å². The number of hydrogen-bond acceptors (Lipinski definition) is 4. The van der Waals surface area contributed by atoms with Crippen LogP contribution in [0.4, 0.5) is 5.69 Å². The molecular formula is C26H28N2O3. The van der Waals surface area contributed by atoms with Crippen LogP contribution < -0.4 is 14.8 Å². The molecule has 1 aliphatic rings. The molecule has 0 aliphatic carbocycles. The standard InChI is InChI=1S/C26H28N2O3/c1-30-24-12-11-20(17-25(24)31-2)26(29)27-23-10-6-9-21-18-28(16-14-22(21)23)15-13-19-7-4-3-5-8-19/h3-12,17H,13-16,18H2,1-2H3,(H,27,29). The number of nitrogens with one attached hydrogen (secondary N) is 1. The summed E-state index contributed by atoms with van der Waals surface area (Å²) in [6.07, 6.45) is 1.97. The molecule has 31 heavy (non-hydrogen) atoms. The fourth-order valence-corrected chi connectivity index (χ4v) is 4.08. The van der Waals surface area contributed by atoms with Gasteiger partial charge in [0.05, 0.1) is 14.2 Å². The Kier molecular flexibility index (Phi) is 6.53. The number of nitrogens with zero attached hydrogens (tertiary/aromatic N) is 1. The summed E-state index contributed by atoms with van der Waals surface area (Å²) in [5.41, 5.74) is 5.30. The van der Waals surface area contributed by atoms with Crippen LogP contribution >= 0.6 is 0 Å². The van der Waals surface area contributed by atoms with Gasteiger partial charge >= 0.3 is 0 Å². The first-order valence-corrected chi connectivity index (χ1v) is 10.6. The Morgan fingerprint density at radius 2 is 1.77 bits per heavy atom. The highest BCUT2D eigenvalue weighted by Gasteiger charge is 2.20. The Morgan fingerprint density at radius 3 is 2.55 bits per heavy atom. The Balaban J connectivity index is 1.44. The summed E-state index contributed by atoms with van der Waals surface area (Å²) >= 11 is 0. The lowest BCUT2D eigenvalue weighted by atomic mass is 9.97. The first-order valence-electron chi connectivity index (χ1n) is 10.6. The first kappa shape index (κ1) is 20.9. The summed E-state index contributed by atoms with van der Waals surface area (Å²) in [4.78, 5) is 15.4. The minimum Gasteiger partial charge on any atom is -0.493 e. The van der Waals surface area contributed by atoms with Gasteiger partial charge in [-0.1, -0.05) is 42.5 Å². The van der Waals surface area contributed by atoms with E-state index in [1.54, 1.807) is 32.4 Å². The van der Waals surface area contributed by atoms with Crippen molar-refractivity contribution in [3.05, 3.63) is 89.0 Å². The monoisotopic (exact) mass is 416 g/mol. The van der Waals surface area contributed by atoms with Crippen molar-refractivity contribution in [3.8, 4) is 11.5 Å². The number of carbonyl (C=O) groups excluding carboxylic acids is 1. The first-order chi connectivity index (χ1) is 15.2. The second-order valence-electron chi connectivity index (χ2n) is 7.73. The van der Waals surface area contributed by atoms with Crippen molar-refractivity contribution in [1.29, 1.82) is 0 Å². The zero-order chi connectivity index (χ0) is 21.6. The Morgan fingerprint density at radius 1 is 0.968 bits per heavy atom. The molecule has 0 atom stereocenters. The van der Waals surface area contributed by atoms with Crippen LogP contribution in [-0.2, 0) is 19.4 Å². The van der Waals surface area contributed by atoms with Gasteiger partial charge in [0, 0.05) is 30.9 Å². The van der Waals surface area contributed by atoms with Gasteiger partial charge in [0.15, 0.2) is 11.5 Å². The van der Waals surface area contributed by atoms with Crippen molar-refractivity contribution in [3.63, 3.8) is 0 Å². The number of hydrogen-bond donors (Lipinski definition) is 1. The summed E-state index contributed by atoms with van der Waals surface area (Å²) in [6, 6.07) is 22.0. The predicted octanol–water partition coefficient (Wildman–Crippen LogP) is 4.56. The predicted molar refractivity (Wildman–Crippen MR) is 123 cm³/mol. The van der Waals surface area contributed by atoms with E-state index in [0.29, 0.717) is 17.1 Å². The summed E-state index contributed by atoms with van der Waals surface area (Å²) in [7, 11) is 3.15. The van der Waals surface area contributed by atoms with Crippen LogP contribution in [0.15, 0.2) is 66.7 Å². The second-order valence-corrected chi connectivity index (χ2v) is 7.73. The zero-order valence-corrected chi connectivity index (χ0v) is 18.1. The number of rotatable bonds is 7. The Labute approximate surface area is 183 Å². The van der Waals surface area contributed by atoms with E-state index in [0.717, 1.165) is 38.2 Å². The number of fused-ring (bicyclic) bond motifs is 1. The lowest BCUT2D eigenvalue weighted by Crippen LogP contribution is -2.32. The number of ether oxygens (including phenoxy) is 2. The maximum absolute atomic E-state index is 12.9. The van der Waals surface area contributed by atoms with E-state index in [-0.39, 0.29) is 5.91 Å². The molecule has 1 N–H and O–H groups in total. The summed E-state index contributed by atoms with van der Waals surface area (Å²) in [6.45, 7) is 2.93. The van der Waals surface area contributed by atoms with Crippen LogP contribution in [-0.4, -0.2) is 38.1 Å². The van der Waals surface area contributed by atoms with Gasteiger partial charge in [0.2, 0.25) is 0 Å². The minimum atomic E-state index is -0.152. The normalized spacial score (nSPS) is 13.4. The number of benzene rings is 3. The summed E-state index contributed by atoms with van der Waals surface area (Å²) in [5, 5.41) is 3.09. The number of methoxy groups -OCH3 is 2. The van der Waals surface area contributed by atoms with Crippen LogP contribution in [0.1, 0.15) is 27.0 Å². The summed E-state index contributed by atoms with van der Waals surface area (Å²) < 4.78 is 10.6. The fourth-order valence-electron chi connectivity index (χ4n) is 4.08. The van der Waals surface area contributed by atoms with E-state index in [9.17, 15) is 4.79 Å².